The summed E-state index contributed by atoms with van der Waals surface area (Å²) in [4.78, 5) is 24.3. The normalized spacial score (nSPS) is 20.9. The van der Waals surface area contributed by atoms with Crippen LogP contribution in [0.15, 0.2) is 29.6 Å². The van der Waals surface area contributed by atoms with Crippen LogP contribution in [0.2, 0.25) is 0 Å². The van der Waals surface area contributed by atoms with E-state index in [9.17, 15) is 9.59 Å². The van der Waals surface area contributed by atoms with Crippen molar-refractivity contribution in [3.8, 4) is 17.2 Å². The summed E-state index contributed by atoms with van der Waals surface area (Å²) >= 11 is 1.31. The fraction of sp³-hybridized carbons (Fsp3) is 0.400. The average molecular weight is 387 g/mol. The van der Waals surface area contributed by atoms with E-state index < -0.39 is 0 Å². The molecule has 2 heterocycles. The standard InChI is InChI=1S/C20H21NO5S/c1-12(22)19-8-13(10-27-19)20(23)21-14-2-4-15(5-3-14)26-16-6-7-17-18(9-16)25-11-24-17/h6-10,14-15H,2-5,11H2,1H3,(H,21,23). The van der Waals surface area contributed by atoms with Gasteiger partial charge in [-0.15, -0.1) is 11.3 Å². The van der Waals surface area contributed by atoms with E-state index in [1.165, 1.54) is 18.3 Å². The number of amides is 1. The molecule has 1 N–H and O–H groups in total. The van der Waals surface area contributed by atoms with Gasteiger partial charge >= 0.3 is 0 Å². The topological polar surface area (TPSA) is 73.9 Å². The minimum absolute atomic E-state index is 0.0137. The second-order valence-electron chi connectivity index (χ2n) is 6.84. The third-order valence-corrected chi connectivity index (χ3v) is 5.90. The Hall–Kier alpha value is -2.54. The van der Waals surface area contributed by atoms with Gasteiger partial charge in [0.05, 0.1) is 16.5 Å². The molecule has 2 aromatic rings. The largest absolute Gasteiger partial charge is 0.490 e. The summed E-state index contributed by atoms with van der Waals surface area (Å²) in [6.07, 6.45) is 3.61. The Bertz CT molecular complexity index is 854. The van der Waals surface area contributed by atoms with Crippen LogP contribution in [0.25, 0.3) is 0 Å². The zero-order valence-corrected chi connectivity index (χ0v) is 15.8. The van der Waals surface area contributed by atoms with Crippen molar-refractivity contribution >= 4 is 23.0 Å². The van der Waals surface area contributed by atoms with Crippen molar-refractivity contribution in [2.24, 2.45) is 0 Å². The summed E-state index contributed by atoms with van der Waals surface area (Å²) in [5.74, 6) is 2.12. The number of thiophene rings is 1. The molecule has 27 heavy (non-hydrogen) atoms. The first-order valence-electron chi connectivity index (χ1n) is 9.05. The summed E-state index contributed by atoms with van der Waals surface area (Å²) in [6, 6.07) is 7.41. The smallest absolute Gasteiger partial charge is 0.252 e. The predicted molar refractivity (Wildman–Crippen MR) is 101 cm³/mol. The van der Waals surface area contributed by atoms with E-state index in [4.69, 9.17) is 14.2 Å². The maximum absolute atomic E-state index is 12.4. The van der Waals surface area contributed by atoms with Gasteiger partial charge in [0, 0.05) is 17.5 Å². The van der Waals surface area contributed by atoms with Crippen molar-refractivity contribution in [2.45, 2.75) is 44.8 Å². The highest BCUT2D eigenvalue weighted by molar-refractivity contribution is 7.12. The van der Waals surface area contributed by atoms with Crippen molar-refractivity contribution in [2.75, 3.05) is 6.79 Å². The molecule has 1 saturated carbocycles. The molecule has 1 fully saturated rings. The van der Waals surface area contributed by atoms with Gasteiger partial charge < -0.3 is 19.5 Å². The van der Waals surface area contributed by atoms with Crippen LogP contribution in [0.1, 0.15) is 52.6 Å². The summed E-state index contributed by atoms with van der Waals surface area (Å²) in [6.45, 7) is 1.76. The number of carbonyl (C=O) groups is 2. The Kier molecular flexibility index (Phi) is 5.03. The van der Waals surface area contributed by atoms with Crippen molar-refractivity contribution in [3.63, 3.8) is 0 Å². The molecule has 6 nitrogen and oxygen atoms in total. The number of ether oxygens (including phenoxy) is 3. The summed E-state index contributed by atoms with van der Waals surface area (Å²) in [5.41, 5.74) is 0.559. The number of fused-ring (bicyclic) bond motifs is 1. The number of rotatable bonds is 5. The van der Waals surface area contributed by atoms with E-state index in [2.05, 4.69) is 5.32 Å². The van der Waals surface area contributed by atoms with Crippen molar-refractivity contribution in [3.05, 3.63) is 40.1 Å². The second-order valence-corrected chi connectivity index (χ2v) is 7.75. The molecule has 2 aliphatic rings. The number of nitrogens with one attached hydrogen (secondary N) is 1. The average Bonchev–Trinajstić information content (AvgIpc) is 3.32. The van der Waals surface area contributed by atoms with Gasteiger partial charge in [-0.05, 0) is 50.8 Å². The molecule has 1 aliphatic heterocycles. The third-order valence-electron chi connectivity index (χ3n) is 4.86. The van der Waals surface area contributed by atoms with Crippen LogP contribution in [0.4, 0.5) is 0 Å². The fourth-order valence-electron chi connectivity index (χ4n) is 3.38. The number of hydrogen-bond donors (Lipinski definition) is 1. The fourth-order valence-corrected chi connectivity index (χ4v) is 4.17. The maximum Gasteiger partial charge on any atom is 0.252 e. The lowest BCUT2D eigenvalue weighted by atomic mass is 9.92. The van der Waals surface area contributed by atoms with Crippen LogP contribution in [0, 0.1) is 0 Å². The molecule has 142 valence electrons. The molecular weight excluding hydrogens is 366 g/mol. The highest BCUT2D eigenvalue weighted by Crippen LogP contribution is 2.36. The van der Waals surface area contributed by atoms with E-state index in [0.29, 0.717) is 16.2 Å². The molecule has 1 aromatic carbocycles. The Morgan fingerprint density at radius 1 is 1.11 bits per heavy atom. The predicted octanol–water partition coefficient (Wildman–Crippen LogP) is 3.80. The second kappa shape index (κ2) is 7.60. The maximum atomic E-state index is 12.4. The quantitative estimate of drug-likeness (QED) is 0.790. The van der Waals surface area contributed by atoms with E-state index in [1.807, 2.05) is 18.2 Å². The first kappa shape index (κ1) is 17.9. The number of hydrogen-bond acceptors (Lipinski definition) is 6. The van der Waals surface area contributed by atoms with Crippen molar-refractivity contribution in [1.29, 1.82) is 0 Å². The lowest BCUT2D eigenvalue weighted by Gasteiger charge is -2.29. The van der Waals surface area contributed by atoms with E-state index in [-0.39, 0.29) is 30.6 Å². The van der Waals surface area contributed by atoms with Gasteiger partial charge in [-0.3, -0.25) is 9.59 Å². The Balaban J connectivity index is 1.27. The molecule has 1 aromatic heterocycles. The molecule has 1 aliphatic carbocycles. The molecule has 0 unspecified atom stereocenters. The monoisotopic (exact) mass is 387 g/mol. The molecular formula is C20H21NO5S. The Morgan fingerprint density at radius 2 is 1.89 bits per heavy atom. The van der Waals surface area contributed by atoms with Crippen molar-refractivity contribution < 1.29 is 23.8 Å². The first-order valence-corrected chi connectivity index (χ1v) is 9.93. The lowest BCUT2D eigenvalue weighted by Crippen LogP contribution is -2.39. The number of Topliss-reactive ketones (excluding diaryl/α,β-unsaturated/α-hetero) is 1. The van der Waals surface area contributed by atoms with Gasteiger partial charge in [-0.2, -0.15) is 0 Å². The summed E-state index contributed by atoms with van der Waals surface area (Å²) in [5, 5.41) is 4.81. The van der Waals surface area contributed by atoms with Gasteiger partial charge in [0.2, 0.25) is 6.79 Å². The van der Waals surface area contributed by atoms with Crippen LogP contribution in [0.5, 0.6) is 17.2 Å². The molecule has 0 radical (unpaired) electrons. The molecule has 0 bridgehead atoms. The van der Waals surface area contributed by atoms with Crippen LogP contribution in [0.3, 0.4) is 0 Å². The summed E-state index contributed by atoms with van der Waals surface area (Å²) < 4.78 is 16.8. The third kappa shape index (κ3) is 4.08. The van der Waals surface area contributed by atoms with Crippen molar-refractivity contribution in [1.82, 2.24) is 5.32 Å². The van der Waals surface area contributed by atoms with E-state index in [0.717, 1.165) is 37.2 Å². The van der Waals surface area contributed by atoms with Crippen LogP contribution in [-0.4, -0.2) is 30.6 Å². The number of carbonyl (C=O) groups excluding carboxylic acids is 2. The molecule has 1 amide bonds. The SMILES string of the molecule is CC(=O)c1cc(C(=O)NC2CCC(Oc3ccc4c(c3)OCO4)CC2)cs1. The molecule has 7 heteroatoms. The highest BCUT2D eigenvalue weighted by atomic mass is 32.1. The van der Waals surface area contributed by atoms with Gasteiger partial charge in [-0.1, -0.05) is 0 Å². The van der Waals surface area contributed by atoms with Crippen LogP contribution >= 0.6 is 11.3 Å². The van der Waals surface area contributed by atoms with Gasteiger partial charge in [0.1, 0.15) is 5.75 Å². The minimum Gasteiger partial charge on any atom is -0.490 e. The first-order chi connectivity index (χ1) is 13.1. The molecule has 0 atom stereocenters. The molecule has 4 rings (SSSR count). The van der Waals surface area contributed by atoms with Crippen LogP contribution < -0.4 is 19.5 Å². The zero-order chi connectivity index (χ0) is 18.8. The van der Waals surface area contributed by atoms with Gasteiger partial charge in [0.15, 0.2) is 17.3 Å². The Labute approximate surface area is 161 Å². The Morgan fingerprint density at radius 3 is 2.63 bits per heavy atom. The summed E-state index contributed by atoms with van der Waals surface area (Å²) in [7, 11) is 0. The number of ketones is 1. The molecule has 0 saturated heterocycles. The van der Waals surface area contributed by atoms with E-state index in [1.54, 1.807) is 11.4 Å². The highest BCUT2D eigenvalue weighted by Gasteiger charge is 2.25. The molecule has 0 spiro atoms. The van der Waals surface area contributed by atoms with Crippen LogP contribution in [-0.2, 0) is 0 Å². The van der Waals surface area contributed by atoms with Gasteiger partial charge in [-0.25, -0.2) is 0 Å². The van der Waals surface area contributed by atoms with E-state index >= 15 is 0 Å². The minimum atomic E-state index is -0.112. The number of benzene rings is 1. The van der Waals surface area contributed by atoms with Gasteiger partial charge in [0.25, 0.3) is 5.91 Å². The lowest BCUT2D eigenvalue weighted by molar-refractivity contribution is 0.0894. The zero-order valence-electron chi connectivity index (χ0n) is 15.0.